The number of nitrogens with zero attached hydrogens (tertiary/aromatic N) is 1. The summed E-state index contributed by atoms with van der Waals surface area (Å²) in [6.07, 6.45) is 4.48. The Balaban J connectivity index is 2.28. The highest BCUT2D eigenvalue weighted by Crippen LogP contribution is 2.23. The third kappa shape index (κ3) is 5.04. The van der Waals surface area contributed by atoms with Crippen LogP contribution in [0.3, 0.4) is 0 Å². The monoisotopic (exact) mass is 255 g/mol. The molecule has 0 unspecified atom stereocenters. The van der Waals surface area contributed by atoms with Crippen molar-refractivity contribution in [3.63, 3.8) is 0 Å². The quantitative estimate of drug-likeness (QED) is 0.713. The molecule has 0 saturated heterocycles. The summed E-state index contributed by atoms with van der Waals surface area (Å²) in [7, 11) is 3.85. The number of carbonyl (C=O) groups is 2. The van der Waals surface area contributed by atoms with E-state index in [0.717, 1.165) is 25.8 Å². The van der Waals surface area contributed by atoms with Crippen LogP contribution in [-0.2, 0) is 9.59 Å². The average Bonchev–Trinajstić information content (AvgIpc) is 2.31. The maximum absolute atomic E-state index is 11.7. The maximum Gasteiger partial charge on any atom is 0.309 e. The van der Waals surface area contributed by atoms with Gasteiger partial charge in [-0.05, 0) is 32.9 Å². The number of carbonyl (C=O) groups excluding carboxylic acids is 2. The van der Waals surface area contributed by atoms with Gasteiger partial charge in [-0.2, -0.15) is 0 Å². The molecule has 0 bridgehead atoms. The molecular formula is C13H25N3O2. The van der Waals surface area contributed by atoms with Crippen LogP contribution in [0.15, 0.2) is 0 Å². The summed E-state index contributed by atoms with van der Waals surface area (Å²) in [4.78, 5) is 25.2. The van der Waals surface area contributed by atoms with Crippen molar-refractivity contribution in [2.75, 3.05) is 27.2 Å². The van der Waals surface area contributed by atoms with Gasteiger partial charge in [0.2, 0.25) is 0 Å². The van der Waals surface area contributed by atoms with E-state index in [1.165, 1.54) is 6.42 Å². The molecule has 0 heterocycles. The van der Waals surface area contributed by atoms with Crippen molar-refractivity contribution in [1.29, 1.82) is 0 Å². The van der Waals surface area contributed by atoms with Gasteiger partial charge in [-0.3, -0.25) is 9.59 Å². The Morgan fingerprint density at radius 1 is 1.17 bits per heavy atom. The zero-order valence-corrected chi connectivity index (χ0v) is 11.7. The van der Waals surface area contributed by atoms with Gasteiger partial charge in [0.25, 0.3) is 0 Å². The Morgan fingerprint density at radius 2 is 1.83 bits per heavy atom. The molecule has 0 radical (unpaired) electrons. The van der Waals surface area contributed by atoms with Crippen LogP contribution >= 0.6 is 0 Å². The first-order valence-corrected chi connectivity index (χ1v) is 6.74. The Hall–Kier alpha value is -1.10. The number of amides is 2. The SMILES string of the molecule is C[C@@H]1CCCC[C@H]1NC(=O)C(=O)NCCN(C)C. The summed E-state index contributed by atoms with van der Waals surface area (Å²) >= 11 is 0. The molecule has 2 amide bonds. The molecule has 1 aliphatic rings. The molecule has 1 saturated carbocycles. The van der Waals surface area contributed by atoms with Crippen LogP contribution in [-0.4, -0.2) is 49.9 Å². The number of rotatable bonds is 4. The topological polar surface area (TPSA) is 61.4 Å². The molecule has 0 spiro atoms. The number of hydrogen-bond acceptors (Lipinski definition) is 3. The van der Waals surface area contributed by atoms with Gasteiger partial charge in [-0.15, -0.1) is 0 Å². The van der Waals surface area contributed by atoms with Crippen LogP contribution in [0.1, 0.15) is 32.6 Å². The Kier molecular flexibility index (Phi) is 6.12. The van der Waals surface area contributed by atoms with Crippen LogP contribution in [0.2, 0.25) is 0 Å². The van der Waals surface area contributed by atoms with Crippen LogP contribution in [0.4, 0.5) is 0 Å². The van der Waals surface area contributed by atoms with Crippen molar-refractivity contribution in [2.24, 2.45) is 5.92 Å². The molecule has 104 valence electrons. The van der Waals surface area contributed by atoms with Crippen molar-refractivity contribution in [2.45, 2.75) is 38.6 Å². The summed E-state index contributed by atoms with van der Waals surface area (Å²) in [5.74, 6) is -0.542. The molecule has 18 heavy (non-hydrogen) atoms. The van der Waals surface area contributed by atoms with Gasteiger partial charge in [-0.25, -0.2) is 0 Å². The number of likely N-dealkylation sites (N-methyl/N-ethyl adjacent to an activating group) is 1. The fourth-order valence-electron chi connectivity index (χ4n) is 2.24. The van der Waals surface area contributed by atoms with E-state index in [4.69, 9.17) is 0 Å². The third-order valence-electron chi connectivity index (χ3n) is 3.48. The third-order valence-corrected chi connectivity index (χ3v) is 3.48. The first-order valence-electron chi connectivity index (χ1n) is 6.74. The lowest BCUT2D eigenvalue weighted by Crippen LogP contribution is -2.48. The minimum atomic E-state index is -0.519. The van der Waals surface area contributed by atoms with E-state index in [-0.39, 0.29) is 6.04 Å². The lowest BCUT2D eigenvalue weighted by molar-refractivity contribution is -0.140. The standard InChI is InChI=1S/C13H25N3O2/c1-10-6-4-5-7-11(10)15-13(18)12(17)14-8-9-16(2)3/h10-11H,4-9H2,1-3H3,(H,14,17)(H,15,18)/t10-,11-/m1/s1. The molecule has 1 fully saturated rings. The Morgan fingerprint density at radius 3 is 2.44 bits per heavy atom. The van der Waals surface area contributed by atoms with Crippen LogP contribution < -0.4 is 10.6 Å². The van der Waals surface area contributed by atoms with Gasteiger partial charge in [0.15, 0.2) is 0 Å². The second kappa shape index (κ2) is 7.36. The van der Waals surface area contributed by atoms with Crippen LogP contribution in [0.25, 0.3) is 0 Å². The minimum Gasteiger partial charge on any atom is -0.347 e. The van der Waals surface area contributed by atoms with Crippen LogP contribution in [0.5, 0.6) is 0 Å². The number of nitrogens with one attached hydrogen (secondary N) is 2. The molecule has 1 aliphatic carbocycles. The van der Waals surface area contributed by atoms with E-state index in [2.05, 4.69) is 17.6 Å². The molecule has 0 aromatic carbocycles. The fourth-order valence-corrected chi connectivity index (χ4v) is 2.24. The lowest BCUT2D eigenvalue weighted by Gasteiger charge is -2.29. The second-order valence-corrected chi connectivity index (χ2v) is 5.40. The summed E-state index contributed by atoms with van der Waals surface area (Å²) in [6.45, 7) is 3.37. The second-order valence-electron chi connectivity index (χ2n) is 5.40. The number of hydrogen-bond donors (Lipinski definition) is 2. The predicted molar refractivity (Wildman–Crippen MR) is 71.1 cm³/mol. The smallest absolute Gasteiger partial charge is 0.309 e. The largest absolute Gasteiger partial charge is 0.347 e. The van der Waals surface area contributed by atoms with Gasteiger partial charge in [0.1, 0.15) is 0 Å². The predicted octanol–water partition coefficient (Wildman–Crippen LogP) is 0.359. The first kappa shape index (κ1) is 15.0. The summed E-state index contributed by atoms with van der Waals surface area (Å²) in [5, 5.41) is 5.47. The minimum absolute atomic E-state index is 0.158. The summed E-state index contributed by atoms with van der Waals surface area (Å²) < 4.78 is 0. The molecule has 2 N–H and O–H groups in total. The van der Waals surface area contributed by atoms with Crippen molar-refractivity contribution < 1.29 is 9.59 Å². The van der Waals surface area contributed by atoms with E-state index >= 15 is 0 Å². The zero-order valence-electron chi connectivity index (χ0n) is 11.7. The van der Waals surface area contributed by atoms with Gasteiger partial charge in [0.05, 0.1) is 0 Å². The van der Waals surface area contributed by atoms with Gasteiger partial charge >= 0.3 is 11.8 Å². The molecule has 0 aromatic rings. The molecule has 1 rings (SSSR count). The molecule has 0 aliphatic heterocycles. The van der Waals surface area contributed by atoms with E-state index in [1.807, 2.05) is 19.0 Å². The fraction of sp³-hybridized carbons (Fsp3) is 0.846. The molecule has 2 atom stereocenters. The van der Waals surface area contributed by atoms with E-state index in [1.54, 1.807) is 0 Å². The highest BCUT2D eigenvalue weighted by molar-refractivity contribution is 6.35. The zero-order chi connectivity index (χ0) is 13.5. The molecule has 5 nitrogen and oxygen atoms in total. The van der Waals surface area contributed by atoms with Crippen molar-refractivity contribution in [1.82, 2.24) is 15.5 Å². The first-order chi connectivity index (χ1) is 8.50. The Labute approximate surface area is 109 Å². The molecule has 5 heteroatoms. The van der Waals surface area contributed by atoms with Crippen molar-refractivity contribution in [3.8, 4) is 0 Å². The van der Waals surface area contributed by atoms with Gasteiger partial charge < -0.3 is 15.5 Å². The molecule has 0 aromatic heterocycles. The van der Waals surface area contributed by atoms with E-state index < -0.39 is 11.8 Å². The summed E-state index contributed by atoms with van der Waals surface area (Å²) in [5.41, 5.74) is 0. The molecular weight excluding hydrogens is 230 g/mol. The Bertz CT molecular complexity index is 292. The van der Waals surface area contributed by atoms with Crippen molar-refractivity contribution >= 4 is 11.8 Å². The normalized spacial score (nSPS) is 23.8. The maximum atomic E-state index is 11.7. The van der Waals surface area contributed by atoms with E-state index in [0.29, 0.717) is 12.5 Å². The van der Waals surface area contributed by atoms with E-state index in [9.17, 15) is 9.59 Å². The highest BCUT2D eigenvalue weighted by atomic mass is 16.2. The van der Waals surface area contributed by atoms with Crippen molar-refractivity contribution in [3.05, 3.63) is 0 Å². The van der Waals surface area contributed by atoms with Gasteiger partial charge in [-0.1, -0.05) is 19.8 Å². The van der Waals surface area contributed by atoms with Gasteiger partial charge in [0, 0.05) is 19.1 Å². The average molecular weight is 255 g/mol. The summed E-state index contributed by atoms with van der Waals surface area (Å²) in [6, 6.07) is 0.158. The highest BCUT2D eigenvalue weighted by Gasteiger charge is 2.25. The van der Waals surface area contributed by atoms with Crippen LogP contribution in [0, 0.1) is 5.92 Å². The lowest BCUT2D eigenvalue weighted by atomic mass is 9.86.